The van der Waals surface area contributed by atoms with Crippen molar-refractivity contribution in [1.29, 1.82) is 0 Å². The number of nitrogens with zero attached hydrogens (tertiary/aromatic N) is 2. The van der Waals surface area contributed by atoms with Gasteiger partial charge in [0.1, 0.15) is 17.7 Å². The number of carbonyl (C=O) groups is 2. The minimum absolute atomic E-state index is 0.144. The molecule has 1 aliphatic rings. The van der Waals surface area contributed by atoms with E-state index in [0.29, 0.717) is 10.7 Å². The summed E-state index contributed by atoms with van der Waals surface area (Å²) in [5.41, 5.74) is 2.79. The molecule has 0 amide bonds. The Morgan fingerprint density at radius 1 is 0.778 bits per heavy atom. The van der Waals surface area contributed by atoms with Gasteiger partial charge in [0.2, 0.25) is 5.88 Å². The maximum atomic E-state index is 12.4. The minimum atomic E-state index is -1.05. The van der Waals surface area contributed by atoms with Crippen molar-refractivity contribution in [2.24, 2.45) is 9.52 Å². The molecular formula is C36H35N3O5S. The van der Waals surface area contributed by atoms with Crippen LogP contribution in [-0.2, 0) is 41.9 Å². The average molecular weight is 622 g/mol. The predicted molar refractivity (Wildman–Crippen MR) is 176 cm³/mol. The number of carbonyl (C=O) groups excluding carboxylic acids is 2. The van der Waals surface area contributed by atoms with Crippen LogP contribution in [0, 0.1) is 0 Å². The molecule has 1 aliphatic heterocycles. The maximum absolute atomic E-state index is 12.4. The summed E-state index contributed by atoms with van der Waals surface area (Å²) in [4.78, 5) is 34.7. The number of hydrogen-bond donors (Lipinski definition) is 1. The Bertz CT molecular complexity index is 1630. The quantitative estimate of drug-likeness (QED) is 0.121. The maximum Gasteiger partial charge on any atom is 0.338 e. The van der Waals surface area contributed by atoms with Crippen molar-refractivity contribution >= 4 is 27.8 Å². The standard InChI is InChI=1S/C36H35N3O5S/c1-26(40)43-32-25-45(39-42-24-27-20-22-28(23-21-27)33(41)44-35(2,3)4)34(37-32)38-36(29-14-8-5-9-15-29,30-16-10-6-11-17-30)31-18-12-7-13-19-31/h5-23,25H,24H2,1-4H3,(H,37,38). The van der Waals surface area contributed by atoms with E-state index in [1.54, 1.807) is 29.7 Å². The van der Waals surface area contributed by atoms with Gasteiger partial charge in [-0.1, -0.05) is 108 Å². The van der Waals surface area contributed by atoms with E-state index in [1.165, 1.54) is 6.92 Å². The summed E-state index contributed by atoms with van der Waals surface area (Å²) in [6.45, 7) is 6.97. The summed E-state index contributed by atoms with van der Waals surface area (Å²) < 4.78 is 15.3. The summed E-state index contributed by atoms with van der Waals surface area (Å²) in [6, 6.07) is 37.3. The van der Waals surface area contributed by atoms with Crippen LogP contribution in [0.4, 0.5) is 0 Å². The molecule has 1 heterocycles. The molecule has 8 nitrogen and oxygen atoms in total. The average Bonchev–Trinajstić information content (AvgIpc) is 3.40. The molecule has 1 unspecified atom stereocenters. The summed E-state index contributed by atoms with van der Waals surface area (Å²) in [5.74, 6) is -0.729. The van der Waals surface area contributed by atoms with Gasteiger partial charge in [-0.15, -0.1) is 0 Å². The molecule has 0 aromatic heterocycles. The summed E-state index contributed by atoms with van der Waals surface area (Å²) in [6.07, 6.45) is 0. The molecule has 0 saturated carbocycles. The lowest BCUT2D eigenvalue weighted by Gasteiger charge is -2.37. The molecule has 230 valence electrons. The van der Waals surface area contributed by atoms with Crippen molar-refractivity contribution in [2.75, 3.05) is 0 Å². The molecule has 4 aromatic carbocycles. The largest absolute Gasteiger partial charge is 0.456 e. The number of nitrogens with one attached hydrogen (secondary N) is 1. The normalized spacial score (nSPS) is 14.8. The topological polar surface area (TPSA) is 98.6 Å². The Morgan fingerprint density at radius 3 is 1.76 bits per heavy atom. The summed E-state index contributed by atoms with van der Waals surface area (Å²) >= 11 is 0. The SMILES string of the molecule is CC(=O)OC1=CS(=NOCc2ccc(C(=O)OC(C)(C)C)cc2)C(NC(c2ccccc2)(c2ccccc2)c2ccccc2)=N1. The third-order valence-corrected chi connectivity index (χ3v) is 8.02. The fourth-order valence-corrected chi connectivity index (χ4v) is 5.95. The highest BCUT2D eigenvalue weighted by atomic mass is 32.2. The predicted octanol–water partition coefficient (Wildman–Crippen LogP) is 7.19. The van der Waals surface area contributed by atoms with E-state index < -0.39 is 27.8 Å². The molecule has 0 saturated heterocycles. The molecule has 1 N–H and O–H groups in total. The van der Waals surface area contributed by atoms with Gasteiger partial charge < -0.3 is 14.8 Å². The first kappa shape index (κ1) is 31.6. The third kappa shape index (κ3) is 7.81. The molecule has 0 radical (unpaired) electrons. The highest BCUT2D eigenvalue weighted by molar-refractivity contribution is 8.05. The zero-order valence-corrected chi connectivity index (χ0v) is 26.4. The second-order valence-electron chi connectivity index (χ2n) is 11.3. The summed E-state index contributed by atoms with van der Waals surface area (Å²) in [7, 11) is -1.05. The second-order valence-corrected chi connectivity index (χ2v) is 12.7. The van der Waals surface area contributed by atoms with E-state index >= 15 is 0 Å². The Kier molecular flexibility index (Phi) is 9.71. The van der Waals surface area contributed by atoms with Crippen LogP contribution in [0.2, 0.25) is 0 Å². The minimum Gasteiger partial charge on any atom is -0.456 e. The van der Waals surface area contributed by atoms with Crippen LogP contribution in [0.5, 0.6) is 0 Å². The molecular weight excluding hydrogens is 586 g/mol. The van der Waals surface area contributed by atoms with Gasteiger partial charge in [0, 0.05) is 17.6 Å². The number of hydrogen-bond acceptors (Lipinski definition) is 8. The van der Waals surface area contributed by atoms with Crippen molar-refractivity contribution < 1.29 is 23.9 Å². The van der Waals surface area contributed by atoms with Crippen LogP contribution >= 0.6 is 0 Å². The highest BCUT2D eigenvalue weighted by Gasteiger charge is 2.39. The Hall–Kier alpha value is -4.86. The van der Waals surface area contributed by atoms with Gasteiger partial charge in [0.25, 0.3) is 0 Å². The van der Waals surface area contributed by atoms with Gasteiger partial charge in [-0.2, -0.15) is 4.99 Å². The summed E-state index contributed by atoms with van der Waals surface area (Å²) in [5, 5.41) is 5.86. The van der Waals surface area contributed by atoms with Crippen LogP contribution < -0.4 is 5.32 Å². The fraction of sp³-hybridized carbons (Fsp3) is 0.194. The molecule has 4 aromatic rings. The smallest absolute Gasteiger partial charge is 0.338 e. The van der Waals surface area contributed by atoms with E-state index in [1.807, 2.05) is 75.4 Å². The number of rotatable bonds is 9. The third-order valence-electron chi connectivity index (χ3n) is 6.74. The molecule has 45 heavy (non-hydrogen) atoms. The van der Waals surface area contributed by atoms with Crippen LogP contribution in [0.3, 0.4) is 0 Å². The highest BCUT2D eigenvalue weighted by Crippen LogP contribution is 2.37. The van der Waals surface area contributed by atoms with Gasteiger partial charge in [-0.3, -0.25) is 4.79 Å². The van der Waals surface area contributed by atoms with Crippen LogP contribution in [0.15, 0.2) is 136 Å². The lowest BCUT2D eigenvalue weighted by Crippen LogP contribution is -2.48. The number of amidine groups is 1. The van der Waals surface area contributed by atoms with Gasteiger partial charge in [-0.05, 0) is 55.2 Å². The van der Waals surface area contributed by atoms with E-state index in [0.717, 1.165) is 22.3 Å². The molecule has 0 bridgehead atoms. The Morgan fingerprint density at radius 2 is 1.29 bits per heavy atom. The van der Waals surface area contributed by atoms with Crippen molar-refractivity contribution in [3.63, 3.8) is 0 Å². The molecule has 0 aliphatic carbocycles. The first-order chi connectivity index (χ1) is 21.6. The van der Waals surface area contributed by atoms with Crippen LogP contribution in [0.1, 0.15) is 60.3 Å². The molecule has 0 spiro atoms. The van der Waals surface area contributed by atoms with Gasteiger partial charge >= 0.3 is 11.9 Å². The number of aliphatic imine (C=N–C) groups is 1. The van der Waals surface area contributed by atoms with Gasteiger partial charge in [-0.25, -0.2) is 9.63 Å². The molecule has 9 heteroatoms. The zero-order chi connectivity index (χ0) is 31.9. The van der Waals surface area contributed by atoms with E-state index in [-0.39, 0.29) is 18.5 Å². The molecule has 0 fully saturated rings. The monoisotopic (exact) mass is 621 g/mol. The van der Waals surface area contributed by atoms with E-state index in [2.05, 4.69) is 51.2 Å². The zero-order valence-electron chi connectivity index (χ0n) is 25.6. The lowest BCUT2D eigenvalue weighted by atomic mass is 9.77. The molecule has 5 rings (SSSR count). The number of esters is 2. The second kappa shape index (κ2) is 13.8. The molecule has 1 atom stereocenters. The Labute approximate surface area is 265 Å². The van der Waals surface area contributed by atoms with Crippen molar-refractivity contribution in [1.82, 2.24) is 5.32 Å². The Balaban J connectivity index is 1.47. The number of benzene rings is 4. The van der Waals surface area contributed by atoms with E-state index in [4.69, 9.17) is 14.3 Å². The van der Waals surface area contributed by atoms with Crippen molar-refractivity contribution in [2.45, 2.75) is 45.4 Å². The fourth-order valence-electron chi connectivity index (χ4n) is 4.83. The first-order valence-electron chi connectivity index (χ1n) is 14.5. The lowest BCUT2D eigenvalue weighted by molar-refractivity contribution is -0.136. The van der Waals surface area contributed by atoms with Crippen molar-refractivity contribution in [3.8, 4) is 0 Å². The van der Waals surface area contributed by atoms with E-state index in [9.17, 15) is 9.59 Å². The van der Waals surface area contributed by atoms with Crippen LogP contribution in [-0.4, -0.2) is 22.7 Å². The van der Waals surface area contributed by atoms with Gasteiger partial charge in [0.15, 0.2) is 5.17 Å². The number of ether oxygens (including phenoxy) is 2. The first-order valence-corrected chi connectivity index (χ1v) is 15.7. The van der Waals surface area contributed by atoms with Crippen LogP contribution in [0.25, 0.3) is 0 Å². The van der Waals surface area contributed by atoms with Crippen molar-refractivity contribution in [3.05, 3.63) is 154 Å². The van der Waals surface area contributed by atoms with Gasteiger partial charge in [0.05, 0.1) is 11.0 Å².